The van der Waals surface area contributed by atoms with Crippen molar-refractivity contribution in [1.82, 2.24) is 10.2 Å². The number of hydrogen-bond acceptors (Lipinski definition) is 3. The predicted octanol–water partition coefficient (Wildman–Crippen LogP) is 1.39. The Morgan fingerprint density at radius 1 is 1.27 bits per heavy atom. The fourth-order valence-corrected chi connectivity index (χ4v) is 3.08. The van der Waals surface area contributed by atoms with E-state index in [9.17, 15) is 14.0 Å². The van der Waals surface area contributed by atoms with Gasteiger partial charge in [0.05, 0.1) is 11.4 Å². The van der Waals surface area contributed by atoms with E-state index in [2.05, 4.69) is 10.6 Å². The first-order valence-corrected chi connectivity index (χ1v) is 7.36. The van der Waals surface area contributed by atoms with Gasteiger partial charge in [0.25, 0.3) is 0 Å². The summed E-state index contributed by atoms with van der Waals surface area (Å²) in [7, 11) is 0. The van der Waals surface area contributed by atoms with Gasteiger partial charge in [-0.05, 0) is 32.0 Å². The van der Waals surface area contributed by atoms with Crippen molar-refractivity contribution in [3.05, 3.63) is 24.0 Å². The maximum Gasteiger partial charge on any atom is 0.325 e. The molecule has 2 unspecified atom stereocenters. The van der Waals surface area contributed by atoms with Gasteiger partial charge < -0.3 is 15.5 Å². The van der Waals surface area contributed by atoms with Gasteiger partial charge in [0.15, 0.2) is 0 Å². The molecule has 1 fully saturated rings. The summed E-state index contributed by atoms with van der Waals surface area (Å²) in [6, 6.07) is 4.12. The molecule has 1 saturated heterocycles. The average Bonchev–Trinajstić information content (AvgIpc) is 2.45. The predicted molar refractivity (Wildman–Crippen MR) is 81.4 cm³/mol. The summed E-state index contributed by atoms with van der Waals surface area (Å²) in [4.78, 5) is 27.6. The van der Waals surface area contributed by atoms with E-state index in [0.717, 1.165) is 0 Å². The summed E-state index contributed by atoms with van der Waals surface area (Å²) in [5.74, 6) is -0.710. The number of benzene rings is 1. The minimum atomic E-state index is -0.435. The second kappa shape index (κ2) is 5.57. The van der Waals surface area contributed by atoms with Gasteiger partial charge >= 0.3 is 6.03 Å². The van der Waals surface area contributed by atoms with Crippen LogP contribution in [0.3, 0.4) is 0 Å². The Labute approximate surface area is 128 Å². The van der Waals surface area contributed by atoms with Crippen molar-refractivity contribution in [1.29, 1.82) is 0 Å². The molecule has 0 spiro atoms. The molecule has 0 bridgehead atoms. The Bertz CT molecular complexity index is 612. The zero-order valence-corrected chi connectivity index (χ0v) is 12.6. The molecule has 3 amide bonds. The number of carbonyl (C=O) groups is 2. The topological polar surface area (TPSA) is 64.7 Å². The molecule has 0 aromatic heterocycles. The quantitative estimate of drug-likeness (QED) is 0.761. The van der Waals surface area contributed by atoms with E-state index in [1.165, 1.54) is 23.1 Å². The number of nitrogens with one attached hydrogen (secondary N) is 2. The van der Waals surface area contributed by atoms with Crippen LogP contribution in [-0.4, -0.2) is 48.6 Å². The molecule has 1 aromatic rings. The second-order valence-electron chi connectivity index (χ2n) is 5.95. The smallest absolute Gasteiger partial charge is 0.323 e. The van der Waals surface area contributed by atoms with Crippen LogP contribution in [-0.2, 0) is 4.79 Å². The van der Waals surface area contributed by atoms with E-state index in [1.54, 1.807) is 4.90 Å². The van der Waals surface area contributed by atoms with Gasteiger partial charge in [-0.2, -0.15) is 0 Å². The Morgan fingerprint density at radius 2 is 1.95 bits per heavy atom. The van der Waals surface area contributed by atoms with Gasteiger partial charge in [-0.25, -0.2) is 9.18 Å². The molecule has 3 rings (SSSR count). The molecule has 0 radical (unpaired) electrons. The highest BCUT2D eigenvalue weighted by Crippen LogP contribution is 2.31. The van der Waals surface area contributed by atoms with Crippen LogP contribution in [0.15, 0.2) is 18.2 Å². The van der Waals surface area contributed by atoms with Crippen LogP contribution in [0.1, 0.15) is 13.8 Å². The Hall–Kier alpha value is -2.15. The lowest BCUT2D eigenvalue weighted by Crippen LogP contribution is -2.59. The fourth-order valence-electron chi connectivity index (χ4n) is 3.08. The molecule has 1 aromatic carbocycles. The van der Waals surface area contributed by atoms with Crippen molar-refractivity contribution in [3.8, 4) is 0 Å². The maximum absolute atomic E-state index is 13.5. The number of nitrogens with zero attached hydrogens (tertiary/aromatic N) is 2. The first-order chi connectivity index (χ1) is 10.4. The Morgan fingerprint density at radius 3 is 2.64 bits per heavy atom. The van der Waals surface area contributed by atoms with E-state index in [1.807, 2.05) is 13.8 Å². The normalized spacial score (nSPS) is 24.8. The summed E-state index contributed by atoms with van der Waals surface area (Å²) in [5.41, 5.74) is 0.866. The van der Waals surface area contributed by atoms with Crippen molar-refractivity contribution in [2.45, 2.75) is 25.9 Å². The van der Waals surface area contributed by atoms with Gasteiger partial charge in [-0.3, -0.25) is 9.69 Å². The molecule has 0 saturated carbocycles. The lowest BCUT2D eigenvalue weighted by Gasteiger charge is -2.40. The summed E-state index contributed by atoms with van der Waals surface area (Å²) in [6.07, 6.45) is 0. The van der Waals surface area contributed by atoms with Gasteiger partial charge in [0, 0.05) is 25.2 Å². The highest BCUT2D eigenvalue weighted by Gasteiger charge is 2.33. The molecule has 2 atom stereocenters. The van der Waals surface area contributed by atoms with E-state index in [-0.39, 0.29) is 30.6 Å². The van der Waals surface area contributed by atoms with Crippen LogP contribution in [0, 0.1) is 5.82 Å². The first-order valence-electron chi connectivity index (χ1n) is 7.36. The van der Waals surface area contributed by atoms with Crippen molar-refractivity contribution in [2.24, 2.45) is 0 Å². The lowest BCUT2D eigenvalue weighted by molar-refractivity contribution is -0.115. The summed E-state index contributed by atoms with van der Waals surface area (Å²) >= 11 is 0. The summed E-state index contributed by atoms with van der Waals surface area (Å²) in [5, 5.41) is 6.01. The SMILES string of the molecule is CC1CN(C(=O)N2CC(=O)Nc3ccc(F)cc32)CC(C)N1. The minimum Gasteiger partial charge on any atom is -0.323 e. The van der Waals surface area contributed by atoms with Gasteiger partial charge in [0.2, 0.25) is 5.91 Å². The molecule has 6 nitrogen and oxygen atoms in total. The molecule has 22 heavy (non-hydrogen) atoms. The number of rotatable bonds is 0. The van der Waals surface area contributed by atoms with Crippen molar-refractivity contribution in [2.75, 3.05) is 29.9 Å². The van der Waals surface area contributed by atoms with Gasteiger partial charge in [0.1, 0.15) is 12.4 Å². The Balaban J connectivity index is 1.89. The maximum atomic E-state index is 13.5. The average molecular weight is 306 g/mol. The zero-order valence-electron chi connectivity index (χ0n) is 12.6. The van der Waals surface area contributed by atoms with Crippen LogP contribution in [0.4, 0.5) is 20.6 Å². The third-order valence-electron chi connectivity index (χ3n) is 3.89. The number of hydrogen-bond donors (Lipinski definition) is 2. The van der Waals surface area contributed by atoms with Crippen molar-refractivity contribution in [3.63, 3.8) is 0 Å². The number of carbonyl (C=O) groups excluding carboxylic acids is 2. The summed E-state index contributed by atoms with van der Waals surface area (Å²) in [6.45, 7) is 5.04. The van der Waals surface area contributed by atoms with E-state index in [4.69, 9.17) is 0 Å². The number of fused-ring (bicyclic) bond motifs is 1. The minimum absolute atomic E-state index is 0.0953. The lowest BCUT2D eigenvalue weighted by atomic mass is 10.1. The van der Waals surface area contributed by atoms with Crippen molar-refractivity contribution >= 4 is 23.3 Å². The third kappa shape index (κ3) is 2.76. The van der Waals surface area contributed by atoms with E-state index >= 15 is 0 Å². The third-order valence-corrected chi connectivity index (χ3v) is 3.89. The number of piperazine rings is 1. The van der Waals surface area contributed by atoms with Crippen molar-refractivity contribution < 1.29 is 14.0 Å². The highest BCUT2D eigenvalue weighted by atomic mass is 19.1. The summed E-state index contributed by atoms with van der Waals surface area (Å²) < 4.78 is 13.5. The first kappa shape index (κ1) is 14.8. The van der Waals surface area contributed by atoms with Crippen LogP contribution < -0.4 is 15.5 Å². The molecule has 7 heteroatoms. The molecule has 2 aliphatic rings. The molecule has 118 valence electrons. The second-order valence-corrected chi connectivity index (χ2v) is 5.95. The van der Waals surface area contributed by atoms with Gasteiger partial charge in [-0.15, -0.1) is 0 Å². The molecular weight excluding hydrogens is 287 g/mol. The van der Waals surface area contributed by atoms with Crippen LogP contribution in [0.5, 0.6) is 0 Å². The fraction of sp³-hybridized carbons (Fsp3) is 0.467. The molecule has 2 aliphatic heterocycles. The standard InChI is InChI=1S/C15H19FN4O2/c1-9-6-19(7-10(2)17-9)15(22)20-8-14(21)18-12-4-3-11(16)5-13(12)20/h3-5,9-10,17H,6-8H2,1-2H3,(H,18,21). The monoisotopic (exact) mass is 306 g/mol. The number of amides is 3. The largest absolute Gasteiger partial charge is 0.325 e. The zero-order chi connectivity index (χ0) is 15.9. The van der Waals surface area contributed by atoms with Crippen LogP contribution >= 0.6 is 0 Å². The number of halogens is 1. The molecular formula is C15H19FN4O2. The number of urea groups is 1. The Kier molecular flexibility index (Phi) is 3.74. The highest BCUT2D eigenvalue weighted by molar-refractivity contribution is 6.09. The molecule has 2 heterocycles. The van der Waals surface area contributed by atoms with E-state index in [0.29, 0.717) is 24.5 Å². The number of anilines is 2. The molecule has 2 N–H and O–H groups in total. The molecule has 0 aliphatic carbocycles. The van der Waals surface area contributed by atoms with Crippen LogP contribution in [0.25, 0.3) is 0 Å². The van der Waals surface area contributed by atoms with Gasteiger partial charge in [-0.1, -0.05) is 0 Å². The van der Waals surface area contributed by atoms with E-state index < -0.39 is 5.82 Å². The van der Waals surface area contributed by atoms with Crippen LogP contribution in [0.2, 0.25) is 0 Å².